The zero-order chi connectivity index (χ0) is 23.6. The number of allylic oxidation sites excluding steroid dienone is 2. The molecule has 1 heterocycles. The van der Waals surface area contributed by atoms with Crippen LogP contribution in [0, 0.1) is 5.92 Å². The number of hydrogen-bond acceptors (Lipinski definition) is 5. The summed E-state index contributed by atoms with van der Waals surface area (Å²) < 4.78 is 29.6. The van der Waals surface area contributed by atoms with E-state index in [-0.39, 0.29) is 16.8 Å². The Balaban J connectivity index is 1.74. The number of nitrogens with one attached hydrogen (secondary N) is 1. The zero-order valence-corrected chi connectivity index (χ0v) is 20.0. The average molecular weight is 467 g/mol. The molecule has 4 rings (SSSR count). The lowest BCUT2D eigenvalue weighted by atomic mass is 9.90. The fraction of sp³-hybridized carbons (Fsp3) is 0.385. The monoisotopic (exact) mass is 466 g/mol. The number of Topliss-reactive ketones (excluding diaryl/α,β-unsaturated/α-hetero) is 2. The Morgan fingerprint density at radius 3 is 2.15 bits per heavy atom. The summed E-state index contributed by atoms with van der Waals surface area (Å²) >= 11 is 0. The fourth-order valence-corrected chi connectivity index (χ4v) is 5.81. The normalized spacial score (nSPS) is 17.3. The number of aryl methyl sites for hydroxylation is 1. The first-order valence-electron chi connectivity index (χ1n) is 11.6. The first kappa shape index (κ1) is 23.2. The third-order valence-electron chi connectivity index (χ3n) is 6.45. The van der Waals surface area contributed by atoms with E-state index in [9.17, 15) is 18.0 Å². The van der Waals surface area contributed by atoms with Gasteiger partial charge in [-0.3, -0.25) is 14.3 Å². The first-order chi connectivity index (χ1) is 15.8. The molecule has 0 unspecified atom stereocenters. The van der Waals surface area contributed by atoms with Gasteiger partial charge in [-0.1, -0.05) is 56.7 Å². The molecular formula is C26H30N2O4S. The Hall–Kier alpha value is -2.93. The van der Waals surface area contributed by atoms with Crippen LogP contribution in [0.4, 0.5) is 5.69 Å². The maximum Gasteiger partial charge on any atom is 0.268 e. The van der Waals surface area contributed by atoms with E-state index in [0.717, 1.165) is 37.7 Å². The van der Waals surface area contributed by atoms with Crippen LogP contribution in [-0.2, 0) is 16.4 Å². The van der Waals surface area contributed by atoms with Crippen molar-refractivity contribution in [2.45, 2.75) is 46.0 Å². The largest absolute Gasteiger partial charge is 0.367 e. The minimum atomic E-state index is -4.29. The van der Waals surface area contributed by atoms with Gasteiger partial charge >= 0.3 is 0 Å². The summed E-state index contributed by atoms with van der Waals surface area (Å²) in [7, 11) is -4.29. The summed E-state index contributed by atoms with van der Waals surface area (Å²) in [6, 6.07) is 13.6. The molecule has 33 heavy (non-hydrogen) atoms. The van der Waals surface area contributed by atoms with Crippen molar-refractivity contribution in [2.75, 3.05) is 17.8 Å². The standard InChI is InChI=1S/C26H30N2O4S/c1-3-4-7-19-10-12-20(13-11-19)27-33(31,32)26-23(28-16-14-18(2)15-17-28)24(29)21-8-5-6-9-22(21)25(26)30/h5-6,8-13,18,27H,3-4,7,14-17H2,1-2H3. The molecule has 0 amide bonds. The number of anilines is 1. The van der Waals surface area contributed by atoms with Gasteiger partial charge in [-0.25, -0.2) is 8.42 Å². The van der Waals surface area contributed by atoms with Gasteiger partial charge in [0.1, 0.15) is 5.70 Å². The highest BCUT2D eigenvalue weighted by Gasteiger charge is 2.42. The molecule has 0 atom stereocenters. The summed E-state index contributed by atoms with van der Waals surface area (Å²) in [6.07, 6.45) is 4.75. The molecule has 1 aliphatic heterocycles. The molecule has 2 aromatic rings. The third kappa shape index (κ3) is 4.74. The molecule has 0 aromatic heterocycles. The van der Waals surface area contributed by atoms with Gasteiger partial charge in [-0.15, -0.1) is 0 Å². The van der Waals surface area contributed by atoms with Crippen molar-refractivity contribution >= 4 is 27.3 Å². The van der Waals surface area contributed by atoms with Crippen LogP contribution in [-0.4, -0.2) is 38.0 Å². The van der Waals surface area contributed by atoms with E-state index in [2.05, 4.69) is 18.6 Å². The molecule has 174 valence electrons. The minimum Gasteiger partial charge on any atom is -0.367 e. The molecule has 2 aliphatic rings. The highest BCUT2D eigenvalue weighted by atomic mass is 32.2. The predicted octanol–water partition coefficient (Wildman–Crippen LogP) is 4.79. The number of ketones is 2. The van der Waals surface area contributed by atoms with Crippen LogP contribution < -0.4 is 4.72 Å². The Kier molecular flexibility index (Phi) is 6.70. The van der Waals surface area contributed by atoms with Crippen molar-refractivity contribution in [3.8, 4) is 0 Å². The van der Waals surface area contributed by atoms with E-state index in [1.807, 2.05) is 12.1 Å². The van der Waals surface area contributed by atoms with Crippen LogP contribution in [0.2, 0.25) is 0 Å². The molecule has 1 fully saturated rings. The second-order valence-corrected chi connectivity index (χ2v) is 10.6. The van der Waals surface area contributed by atoms with Gasteiger partial charge < -0.3 is 4.90 Å². The van der Waals surface area contributed by atoms with E-state index in [1.165, 1.54) is 6.07 Å². The highest BCUT2D eigenvalue weighted by Crippen LogP contribution is 2.34. The zero-order valence-electron chi connectivity index (χ0n) is 19.1. The lowest BCUT2D eigenvalue weighted by Gasteiger charge is -2.35. The van der Waals surface area contributed by atoms with E-state index < -0.39 is 26.5 Å². The summed E-state index contributed by atoms with van der Waals surface area (Å²) in [6.45, 7) is 5.35. The molecular weight excluding hydrogens is 436 g/mol. The van der Waals surface area contributed by atoms with Crippen molar-refractivity contribution in [2.24, 2.45) is 5.92 Å². The second kappa shape index (κ2) is 9.51. The number of benzene rings is 2. The minimum absolute atomic E-state index is 0.00216. The second-order valence-electron chi connectivity index (χ2n) is 8.96. The number of fused-ring (bicyclic) bond motifs is 1. The van der Waals surface area contributed by atoms with E-state index in [0.29, 0.717) is 24.7 Å². The number of rotatable bonds is 7. The first-order valence-corrected chi connectivity index (χ1v) is 13.1. The Labute approximate surface area is 195 Å². The summed E-state index contributed by atoms with van der Waals surface area (Å²) in [5, 5.41) is 0. The molecule has 1 saturated heterocycles. The van der Waals surface area contributed by atoms with Crippen molar-refractivity contribution in [3.63, 3.8) is 0 Å². The van der Waals surface area contributed by atoms with Crippen molar-refractivity contribution < 1.29 is 18.0 Å². The van der Waals surface area contributed by atoms with Crippen LogP contribution in [0.5, 0.6) is 0 Å². The topological polar surface area (TPSA) is 83.6 Å². The maximum absolute atomic E-state index is 13.5. The van der Waals surface area contributed by atoms with Crippen LogP contribution >= 0.6 is 0 Å². The lowest BCUT2D eigenvalue weighted by molar-refractivity contribution is 0.0933. The number of hydrogen-bond donors (Lipinski definition) is 1. The molecule has 6 nitrogen and oxygen atoms in total. The van der Waals surface area contributed by atoms with Crippen molar-refractivity contribution in [3.05, 3.63) is 75.8 Å². The van der Waals surface area contributed by atoms with Gasteiger partial charge in [0, 0.05) is 29.9 Å². The Morgan fingerprint density at radius 1 is 0.939 bits per heavy atom. The Bertz CT molecular complexity index is 1190. The smallest absolute Gasteiger partial charge is 0.268 e. The van der Waals surface area contributed by atoms with Crippen molar-refractivity contribution in [1.82, 2.24) is 4.90 Å². The third-order valence-corrected chi connectivity index (χ3v) is 7.87. The number of piperidine rings is 1. The molecule has 1 N–H and O–H groups in total. The van der Waals surface area contributed by atoms with E-state index in [4.69, 9.17) is 0 Å². The van der Waals surface area contributed by atoms with Gasteiger partial charge in [-0.2, -0.15) is 0 Å². The van der Waals surface area contributed by atoms with Gasteiger partial charge in [0.05, 0.1) is 0 Å². The number of carbonyl (C=O) groups is 2. The number of nitrogens with zero attached hydrogens (tertiary/aromatic N) is 1. The molecule has 1 aliphatic carbocycles. The molecule has 0 spiro atoms. The molecule has 0 radical (unpaired) electrons. The summed E-state index contributed by atoms with van der Waals surface area (Å²) in [5.74, 6) is -0.547. The SMILES string of the molecule is CCCCc1ccc(NS(=O)(=O)C2=C(N3CCC(C)CC3)C(=O)c3ccccc3C2=O)cc1. The molecule has 2 aromatic carbocycles. The molecule has 7 heteroatoms. The van der Waals surface area contributed by atoms with Crippen LogP contribution in [0.15, 0.2) is 59.1 Å². The van der Waals surface area contributed by atoms with Gasteiger partial charge in [0.2, 0.25) is 11.6 Å². The lowest BCUT2D eigenvalue weighted by Crippen LogP contribution is -2.41. The van der Waals surface area contributed by atoms with Crippen LogP contribution in [0.1, 0.15) is 65.8 Å². The van der Waals surface area contributed by atoms with Gasteiger partial charge in [0.15, 0.2) is 4.91 Å². The number of sulfonamides is 1. The van der Waals surface area contributed by atoms with E-state index >= 15 is 0 Å². The molecule has 0 saturated carbocycles. The average Bonchev–Trinajstić information content (AvgIpc) is 2.81. The van der Waals surface area contributed by atoms with Crippen LogP contribution in [0.25, 0.3) is 0 Å². The number of likely N-dealkylation sites (tertiary alicyclic amines) is 1. The number of unbranched alkanes of at least 4 members (excludes halogenated alkanes) is 1. The molecule has 0 bridgehead atoms. The van der Waals surface area contributed by atoms with Gasteiger partial charge in [0.25, 0.3) is 10.0 Å². The van der Waals surface area contributed by atoms with E-state index in [1.54, 1.807) is 35.2 Å². The Morgan fingerprint density at radius 2 is 1.55 bits per heavy atom. The highest BCUT2D eigenvalue weighted by molar-refractivity contribution is 7.97. The van der Waals surface area contributed by atoms with Crippen molar-refractivity contribution in [1.29, 1.82) is 0 Å². The summed E-state index contributed by atoms with van der Waals surface area (Å²) in [4.78, 5) is 28.2. The number of carbonyl (C=O) groups excluding carboxylic acids is 2. The fourth-order valence-electron chi connectivity index (χ4n) is 4.43. The quantitative estimate of drug-likeness (QED) is 0.634. The predicted molar refractivity (Wildman–Crippen MR) is 130 cm³/mol. The summed E-state index contributed by atoms with van der Waals surface area (Å²) in [5.41, 5.74) is 1.88. The van der Waals surface area contributed by atoms with Gasteiger partial charge in [-0.05, 0) is 49.3 Å². The van der Waals surface area contributed by atoms with Crippen LogP contribution in [0.3, 0.4) is 0 Å². The maximum atomic E-state index is 13.5.